The molecule has 7 aromatic carbocycles. The maximum absolute atomic E-state index is 6.73. The van der Waals surface area contributed by atoms with Crippen LogP contribution < -0.4 is 9.64 Å². The van der Waals surface area contributed by atoms with Crippen LogP contribution in [0, 0.1) is 13.8 Å². The first-order valence-corrected chi connectivity index (χ1v) is 17.1. The van der Waals surface area contributed by atoms with Gasteiger partial charge in [0.1, 0.15) is 0 Å². The van der Waals surface area contributed by atoms with Crippen molar-refractivity contribution in [1.29, 1.82) is 0 Å². The van der Waals surface area contributed by atoms with Crippen LogP contribution in [0.2, 0.25) is 0 Å². The molecule has 0 amide bonds. The summed E-state index contributed by atoms with van der Waals surface area (Å²) in [6.07, 6.45) is 0. The fourth-order valence-corrected chi connectivity index (χ4v) is 8.32. The predicted molar refractivity (Wildman–Crippen MR) is 205 cm³/mol. The number of hydrogen-bond acceptors (Lipinski definition) is 2. The van der Waals surface area contributed by atoms with E-state index >= 15 is 0 Å². The van der Waals surface area contributed by atoms with Crippen molar-refractivity contribution in [3.05, 3.63) is 174 Å². The first-order valence-electron chi connectivity index (χ1n) is 17.1. The number of anilines is 3. The summed E-state index contributed by atoms with van der Waals surface area (Å²) < 4.78 is 6.73. The molecule has 2 nitrogen and oxygen atoms in total. The molecule has 0 unspecified atom stereocenters. The summed E-state index contributed by atoms with van der Waals surface area (Å²) in [4.78, 5) is 2.34. The lowest BCUT2D eigenvalue weighted by atomic mass is 9.77. The Morgan fingerprint density at radius 2 is 1.00 bits per heavy atom. The second-order valence-corrected chi connectivity index (χ2v) is 13.9. The van der Waals surface area contributed by atoms with Gasteiger partial charge >= 0.3 is 0 Å². The van der Waals surface area contributed by atoms with Crippen LogP contribution in [0.25, 0.3) is 44.5 Å². The van der Waals surface area contributed by atoms with E-state index in [1.807, 2.05) is 0 Å². The summed E-state index contributed by atoms with van der Waals surface area (Å²) in [6.45, 7) is 9.23. The van der Waals surface area contributed by atoms with E-state index in [0.29, 0.717) is 0 Å². The zero-order valence-electron chi connectivity index (χ0n) is 28.3. The number of hydrogen-bond donors (Lipinski definition) is 0. The highest BCUT2D eigenvalue weighted by molar-refractivity contribution is 5.92. The van der Waals surface area contributed by atoms with E-state index in [2.05, 4.69) is 184 Å². The minimum absolute atomic E-state index is 0.0906. The van der Waals surface area contributed by atoms with Gasteiger partial charge in [0.15, 0.2) is 11.5 Å². The first kappa shape index (κ1) is 29.3. The van der Waals surface area contributed by atoms with Crippen LogP contribution in [-0.4, -0.2) is 0 Å². The zero-order valence-corrected chi connectivity index (χ0v) is 28.3. The van der Waals surface area contributed by atoms with Gasteiger partial charge in [-0.05, 0) is 111 Å². The van der Waals surface area contributed by atoms with E-state index in [1.165, 1.54) is 55.6 Å². The van der Waals surface area contributed by atoms with Crippen LogP contribution in [0.3, 0.4) is 0 Å². The fourth-order valence-electron chi connectivity index (χ4n) is 8.32. The first-order chi connectivity index (χ1) is 23.9. The summed E-state index contributed by atoms with van der Waals surface area (Å²) in [5.41, 5.74) is 18.4. The third-order valence-corrected chi connectivity index (χ3v) is 10.4. The minimum atomic E-state index is -0.0906. The lowest BCUT2D eigenvalue weighted by Gasteiger charge is -2.33. The Kier molecular flexibility index (Phi) is 6.64. The van der Waals surface area contributed by atoms with Crippen LogP contribution in [0.15, 0.2) is 152 Å². The molecule has 0 bridgehead atoms. The molecule has 236 valence electrons. The van der Waals surface area contributed by atoms with Crippen LogP contribution in [0.4, 0.5) is 17.1 Å². The monoisotopic (exact) mass is 631 g/mol. The highest BCUT2D eigenvalue weighted by Gasteiger charge is 2.39. The van der Waals surface area contributed by atoms with Gasteiger partial charge in [-0.1, -0.05) is 135 Å². The number of ether oxygens (including phenoxy) is 1. The smallest absolute Gasteiger partial charge is 0.152 e. The molecule has 1 aliphatic carbocycles. The van der Waals surface area contributed by atoms with Crippen molar-refractivity contribution in [2.75, 3.05) is 4.90 Å². The second kappa shape index (κ2) is 11.1. The summed E-state index contributed by atoms with van der Waals surface area (Å²) in [7, 11) is 0. The van der Waals surface area contributed by atoms with Crippen molar-refractivity contribution in [3.63, 3.8) is 0 Å². The SMILES string of the molecule is Cc1cc(C)c2c(c1)-c1cccc(-c3ccc(N4c5ccc(-c6ccccc6)cc5Oc5cc(-c6ccccc6)ccc54)cc3)c1C2(C)C. The van der Waals surface area contributed by atoms with Crippen LogP contribution >= 0.6 is 0 Å². The molecule has 9 rings (SSSR count). The molecule has 49 heavy (non-hydrogen) atoms. The van der Waals surface area contributed by atoms with Gasteiger partial charge in [0.25, 0.3) is 0 Å². The van der Waals surface area contributed by atoms with Gasteiger partial charge in [-0.3, -0.25) is 0 Å². The van der Waals surface area contributed by atoms with Gasteiger partial charge in [0.2, 0.25) is 0 Å². The summed E-state index contributed by atoms with van der Waals surface area (Å²) in [6, 6.07) is 54.7. The number of rotatable bonds is 4. The Morgan fingerprint density at radius 1 is 0.449 bits per heavy atom. The molecule has 2 aliphatic rings. The van der Waals surface area contributed by atoms with E-state index in [1.54, 1.807) is 0 Å². The van der Waals surface area contributed by atoms with E-state index in [-0.39, 0.29) is 5.41 Å². The molecule has 7 aromatic rings. The van der Waals surface area contributed by atoms with Crippen molar-refractivity contribution in [1.82, 2.24) is 0 Å². The Balaban J connectivity index is 1.16. The maximum atomic E-state index is 6.73. The zero-order chi connectivity index (χ0) is 33.3. The second-order valence-electron chi connectivity index (χ2n) is 13.9. The average molecular weight is 632 g/mol. The molecule has 1 aliphatic heterocycles. The highest BCUT2D eigenvalue weighted by atomic mass is 16.5. The Morgan fingerprint density at radius 3 is 1.59 bits per heavy atom. The van der Waals surface area contributed by atoms with Gasteiger partial charge in [-0.2, -0.15) is 0 Å². The van der Waals surface area contributed by atoms with Crippen molar-refractivity contribution in [2.24, 2.45) is 0 Å². The number of fused-ring (bicyclic) bond motifs is 5. The Bertz CT molecular complexity index is 2300. The summed E-state index contributed by atoms with van der Waals surface area (Å²) in [5.74, 6) is 1.68. The molecule has 0 radical (unpaired) electrons. The minimum Gasteiger partial charge on any atom is -0.453 e. The van der Waals surface area contributed by atoms with E-state index in [9.17, 15) is 0 Å². The number of benzene rings is 7. The maximum Gasteiger partial charge on any atom is 0.152 e. The molecule has 0 fully saturated rings. The average Bonchev–Trinajstić information content (AvgIpc) is 3.37. The van der Waals surface area contributed by atoms with Gasteiger partial charge in [0, 0.05) is 11.1 Å². The standard InChI is InChI=1S/C47H37NO/c1-30-26-31(2)45-40(27-30)39-17-11-16-38(46(39)47(45,3)4)34-18-22-37(23-19-34)48-41-24-20-35(32-12-7-5-8-13-32)28-43(41)49-44-29-36(21-25-42(44)48)33-14-9-6-10-15-33/h5-29H,1-4H3. The van der Waals surface area contributed by atoms with Crippen LogP contribution in [-0.2, 0) is 5.41 Å². The number of nitrogens with zero attached hydrogens (tertiary/aromatic N) is 1. The van der Waals surface area contributed by atoms with E-state index in [4.69, 9.17) is 4.74 Å². The van der Waals surface area contributed by atoms with Gasteiger partial charge < -0.3 is 9.64 Å². The normalized spacial score (nSPS) is 13.6. The van der Waals surface area contributed by atoms with Crippen LogP contribution in [0.1, 0.15) is 36.1 Å². The summed E-state index contributed by atoms with van der Waals surface area (Å²) >= 11 is 0. The molecule has 0 spiro atoms. The van der Waals surface area contributed by atoms with Crippen molar-refractivity contribution in [3.8, 4) is 56.0 Å². The lowest BCUT2D eigenvalue weighted by Crippen LogP contribution is -2.18. The molecule has 0 atom stereocenters. The molecule has 0 saturated carbocycles. The van der Waals surface area contributed by atoms with Crippen molar-refractivity contribution in [2.45, 2.75) is 33.1 Å². The van der Waals surface area contributed by atoms with Crippen molar-refractivity contribution < 1.29 is 4.74 Å². The number of aryl methyl sites for hydroxylation is 2. The quantitative estimate of drug-likeness (QED) is 0.192. The Labute approximate surface area is 288 Å². The molecule has 1 heterocycles. The summed E-state index contributed by atoms with van der Waals surface area (Å²) in [5, 5.41) is 0. The Hall–Kier alpha value is -5.86. The van der Waals surface area contributed by atoms with E-state index in [0.717, 1.165) is 39.7 Å². The lowest BCUT2D eigenvalue weighted by molar-refractivity contribution is 0.477. The van der Waals surface area contributed by atoms with Gasteiger partial charge in [0.05, 0.1) is 11.4 Å². The van der Waals surface area contributed by atoms with Crippen LogP contribution in [0.5, 0.6) is 11.5 Å². The molecule has 0 saturated heterocycles. The molecular weight excluding hydrogens is 595 g/mol. The molecule has 0 N–H and O–H groups in total. The predicted octanol–water partition coefficient (Wildman–Crippen LogP) is 13.2. The fraction of sp³-hybridized carbons (Fsp3) is 0.106. The highest BCUT2D eigenvalue weighted by Crippen LogP contribution is 2.55. The third-order valence-electron chi connectivity index (χ3n) is 10.4. The molecule has 2 heteroatoms. The van der Waals surface area contributed by atoms with Gasteiger partial charge in [-0.25, -0.2) is 0 Å². The third kappa shape index (κ3) is 4.70. The van der Waals surface area contributed by atoms with E-state index < -0.39 is 0 Å². The van der Waals surface area contributed by atoms with Gasteiger partial charge in [-0.15, -0.1) is 0 Å². The molecule has 0 aromatic heterocycles. The van der Waals surface area contributed by atoms with Crippen molar-refractivity contribution >= 4 is 17.1 Å². The largest absolute Gasteiger partial charge is 0.453 e. The molecular formula is C47H37NO. The topological polar surface area (TPSA) is 12.5 Å².